The molecule has 0 heterocycles. The summed E-state index contributed by atoms with van der Waals surface area (Å²) in [4.78, 5) is 9.15. The van der Waals surface area contributed by atoms with Gasteiger partial charge in [-0.2, -0.15) is 0 Å². The highest BCUT2D eigenvalue weighted by Crippen LogP contribution is 2.18. The molecule has 8 heteroatoms. The van der Waals surface area contributed by atoms with Gasteiger partial charge in [0.25, 0.3) is 0 Å². The van der Waals surface area contributed by atoms with Gasteiger partial charge in [-0.15, -0.1) is 0 Å². The molecule has 1 aromatic carbocycles. The lowest BCUT2D eigenvalue weighted by molar-refractivity contribution is 0.0710. The Morgan fingerprint density at radius 1 is 0.800 bits per heavy atom. The SMILES string of the molecule is CCOSCCCN=Cc1ccccc1C=NCCC[Si](OCC)(OCC)OCC. The Bertz CT molecular complexity index is 600. The standard InChI is InChI=1S/C22H38N2O4SSi/c1-5-25-29-17-11-15-23-19-21-13-9-10-14-22(21)20-24-16-12-18-30(26-6-2,27-7-3)28-8-4/h9-10,13-14,19-20H,5-8,11-12,15-18H2,1-4H3. The van der Waals surface area contributed by atoms with Gasteiger partial charge in [0.15, 0.2) is 0 Å². The van der Waals surface area contributed by atoms with Crippen LogP contribution >= 0.6 is 12.0 Å². The maximum absolute atomic E-state index is 5.90. The van der Waals surface area contributed by atoms with Gasteiger partial charge in [0.2, 0.25) is 0 Å². The van der Waals surface area contributed by atoms with E-state index in [4.69, 9.17) is 17.5 Å². The lowest BCUT2D eigenvalue weighted by atomic mass is 10.1. The molecule has 0 aliphatic heterocycles. The molecule has 0 spiro atoms. The fourth-order valence-electron chi connectivity index (χ4n) is 2.82. The van der Waals surface area contributed by atoms with Crippen molar-refractivity contribution < 1.29 is 17.5 Å². The zero-order valence-corrected chi connectivity index (χ0v) is 20.8. The smallest absolute Gasteiger partial charge is 0.374 e. The van der Waals surface area contributed by atoms with Gasteiger partial charge in [0, 0.05) is 68.3 Å². The molecule has 0 aliphatic rings. The van der Waals surface area contributed by atoms with Gasteiger partial charge in [-0.05, 0) is 52.6 Å². The Morgan fingerprint density at radius 3 is 1.83 bits per heavy atom. The Labute approximate surface area is 188 Å². The molecule has 0 aromatic heterocycles. The van der Waals surface area contributed by atoms with E-state index in [0.717, 1.165) is 48.9 Å². The minimum absolute atomic E-state index is 0.604. The van der Waals surface area contributed by atoms with Crippen LogP contribution in [-0.2, 0) is 17.5 Å². The van der Waals surface area contributed by atoms with Crippen molar-refractivity contribution in [2.45, 2.75) is 46.6 Å². The average Bonchev–Trinajstić information content (AvgIpc) is 2.74. The Balaban J connectivity index is 2.52. The van der Waals surface area contributed by atoms with Gasteiger partial charge in [0.05, 0.1) is 6.61 Å². The van der Waals surface area contributed by atoms with Gasteiger partial charge in [0.1, 0.15) is 0 Å². The minimum atomic E-state index is -2.58. The number of hydrogen-bond acceptors (Lipinski definition) is 7. The summed E-state index contributed by atoms with van der Waals surface area (Å²) in [7, 11) is -2.58. The fraction of sp³-hybridized carbons (Fsp3) is 0.636. The topological polar surface area (TPSA) is 61.6 Å². The molecular formula is C22H38N2O4SSi. The Hall–Kier alpha value is -1.03. The first-order chi connectivity index (χ1) is 14.7. The Kier molecular flexibility index (Phi) is 15.9. The van der Waals surface area contributed by atoms with E-state index in [0.29, 0.717) is 26.4 Å². The predicted octanol–water partition coefficient (Wildman–Crippen LogP) is 5.04. The van der Waals surface area contributed by atoms with Gasteiger partial charge in [-0.3, -0.25) is 9.98 Å². The van der Waals surface area contributed by atoms with E-state index >= 15 is 0 Å². The summed E-state index contributed by atoms with van der Waals surface area (Å²) in [5, 5.41) is 0. The molecule has 0 fully saturated rings. The fourth-order valence-corrected chi connectivity index (χ4v) is 5.94. The van der Waals surface area contributed by atoms with E-state index in [-0.39, 0.29) is 0 Å². The molecule has 1 aromatic rings. The molecule has 30 heavy (non-hydrogen) atoms. The molecule has 0 amide bonds. The molecule has 0 radical (unpaired) electrons. The maximum atomic E-state index is 5.90. The van der Waals surface area contributed by atoms with Crippen molar-refractivity contribution in [3.05, 3.63) is 35.4 Å². The van der Waals surface area contributed by atoms with Crippen molar-refractivity contribution >= 4 is 33.3 Å². The quantitative estimate of drug-likeness (QED) is 0.135. The number of rotatable bonds is 18. The van der Waals surface area contributed by atoms with E-state index in [1.54, 1.807) is 0 Å². The summed E-state index contributed by atoms with van der Waals surface area (Å²) in [6.07, 6.45) is 5.74. The van der Waals surface area contributed by atoms with Crippen LogP contribution < -0.4 is 0 Å². The molecule has 0 aliphatic carbocycles. The molecule has 6 nitrogen and oxygen atoms in total. The van der Waals surface area contributed by atoms with Crippen molar-refractivity contribution in [1.29, 1.82) is 0 Å². The predicted molar refractivity (Wildman–Crippen MR) is 130 cm³/mol. The average molecular weight is 455 g/mol. The third kappa shape index (κ3) is 11.4. The van der Waals surface area contributed by atoms with Gasteiger partial charge in [-0.25, -0.2) is 0 Å². The van der Waals surface area contributed by atoms with Gasteiger partial charge in [-0.1, -0.05) is 24.3 Å². The molecule has 0 unspecified atom stereocenters. The zero-order valence-electron chi connectivity index (χ0n) is 19.0. The lowest BCUT2D eigenvalue weighted by Gasteiger charge is -2.28. The lowest BCUT2D eigenvalue weighted by Crippen LogP contribution is -2.46. The summed E-state index contributed by atoms with van der Waals surface area (Å²) in [6.45, 7) is 12.0. The van der Waals surface area contributed by atoms with Crippen LogP contribution in [0.4, 0.5) is 0 Å². The second-order valence-corrected chi connectivity index (χ2v) is 9.98. The normalized spacial score (nSPS) is 12.4. The number of nitrogens with zero attached hydrogens (tertiary/aromatic N) is 2. The molecule has 0 N–H and O–H groups in total. The van der Waals surface area contributed by atoms with Crippen LogP contribution in [-0.4, -0.2) is 66.5 Å². The second kappa shape index (κ2) is 17.6. The van der Waals surface area contributed by atoms with Crippen LogP contribution in [0, 0.1) is 0 Å². The number of benzene rings is 1. The van der Waals surface area contributed by atoms with Crippen LogP contribution in [0.15, 0.2) is 34.3 Å². The molecule has 0 atom stereocenters. The zero-order chi connectivity index (χ0) is 21.9. The number of aliphatic imine (C=N–C) groups is 2. The largest absolute Gasteiger partial charge is 0.500 e. The van der Waals surface area contributed by atoms with Gasteiger partial charge >= 0.3 is 8.80 Å². The first-order valence-electron chi connectivity index (χ1n) is 11.0. The van der Waals surface area contributed by atoms with E-state index in [1.807, 2.05) is 52.3 Å². The van der Waals surface area contributed by atoms with Gasteiger partial charge < -0.3 is 17.5 Å². The van der Waals surface area contributed by atoms with Crippen molar-refractivity contribution in [2.75, 3.05) is 45.3 Å². The summed E-state index contributed by atoms with van der Waals surface area (Å²) >= 11 is 1.51. The molecule has 1 rings (SSSR count). The molecule has 0 saturated carbocycles. The highest BCUT2D eigenvalue weighted by atomic mass is 32.2. The monoisotopic (exact) mass is 454 g/mol. The van der Waals surface area contributed by atoms with E-state index < -0.39 is 8.80 Å². The molecular weight excluding hydrogens is 416 g/mol. The summed E-state index contributed by atoms with van der Waals surface area (Å²) in [5.41, 5.74) is 2.16. The maximum Gasteiger partial charge on any atom is 0.500 e. The summed E-state index contributed by atoms with van der Waals surface area (Å²) in [5.74, 6) is 0.963. The second-order valence-electron chi connectivity index (χ2n) is 6.37. The molecule has 0 bridgehead atoms. The highest BCUT2D eigenvalue weighted by molar-refractivity contribution is 7.94. The third-order valence-electron chi connectivity index (χ3n) is 4.04. The van der Waals surface area contributed by atoms with Crippen molar-refractivity contribution in [3.8, 4) is 0 Å². The van der Waals surface area contributed by atoms with Crippen LogP contribution in [0.5, 0.6) is 0 Å². The van der Waals surface area contributed by atoms with Crippen molar-refractivity contribution in [1.82, 2.24) is 0 Å². The van der Waals surface area contributed by atoms with Crippen LogP contribution in [0.25, 0.3) is 0 Å². The minimum Gasteiger partial charge on any atom is -0.374 e. The van der Waals surface area contributed by atoms with E-state index in [9.17, 15) is 0 Å². The van der Waals surface area contributed by atoms with Crippen LogP contribution in [0.1, 0.15) is 51.7 Å². The molecule has 170 valence electrons. The summed E-state index contributed by atoms with van der Waals surface area (Å²) < 4.78 is 23.0. The highest BCUT2D eigenvalue weighted by Gasteiger charge is 2.39. The van der Waals surface area contributed by atoms with E-state index in [1.165, 1.54) is 12.0 Å². The van der Waals surface area contributed by atoms with Crippen molar-refractivity contribution in [2.24, 2.45) is 9.98 Å². The molecule has 0 saturated heterocycles. The third-order valence-corrected chi connectivity index (χ3v) is 8.04. The Morgan fingerprint density at radius 2 is 1.33 bits per heavy atom. The van der Waals surface area contributed by atoms with Crippen LogP contribution in [0.3, 0.4) is 0 Å². The van der Waals surface area contributed by atoms with Crippen LogP contribution in [0.2, 0.25) is 6.04 Å². The summed E-state index contributed by atoms with van der Waals surface area (Å²) in [6, 6.07) is 8.96. The first kappa shape index (κ1) is 27.0. The first-order valence-corrected chi connectivity index (χ1v) is 13.8. The number of hydrogen-bond donors (Lipinski definition) is 0. The van der Waals surface area contributed by atoms with E-state index in [2.05, 4.69) is 22.1 Å². The van der Waals surface area contributed by atoms with Crippen molar-refractivity contribution in [3.63, 3.8) is 0 Å².